The summed E-state index contributed by atoms with van der Waals surface area (Å²) >= 11 is 5.75. The summed E-state index contributed by atoms with van der Waals surface area (Å²) in [7, 11) is -3.56. The van der Waals surface area contributed by atoms with Crippen LogP contribution in [0.15, 0.2) is 17.2 Å². The molecular weight excluding hydrogens is 262 g/mol. The standard InChI is InChI=1S/C10H14ClN3O2S/c1-6(7-2-3-7)14-17(15,16)8-4-9(11)10(12)13-5-8/h4-7,14H,2-3H2,1H3,(H2,12,13). The second-order valence-electron chi connectivity index (χ2n) is 4.29. The zero-order valence-electron chi connectivity index (χ0n) is 9.35. The number of nitrogens with two attached hydrogens (primary N) is 1. The lowest BCUT2D eigenvalue weighted by Gasteiger charge is -2.13. The Morgan fingerprint density at radius 1 is 1.59 bits per heavy atom. The molecule has 1 aromatic heterocycles. The fraction of sp³-hybridized carbons (Fsp3) is 0.500. The number of nitrogens with one attached hydrogen (secondary N) is 1. The van der Waals surface area contributed by atoms with E-state index in [1.807, 2.05) is 6.92 Å². The molecule has 2 rings (SSSR count). The molecule has 1 heterocycles. The summed E-state index contributed by atoms with van der Waals surface area (Å²) in [6.07, 6.45) is 3.36. The minimum absolute atomic E-state index is 0.0456. The predicted molar refractivity (Wildman–Crippen MR) is 66.2 cm³/mol. The normalized spacial score (nSPS) is 18.0. The third-order valence-corrected chi connectivity index (χ3v) is 4.65. The first-order valence-electron chi connectivity index (χ1n) is 5.33. The maximum absolute atomic E-state index is 12.0. The minimum atomic E-state index is -3.56. The summed E-state index contributed by atoms with van der Waals surface area (Å²) < 4.78 is 26.6. The highest BCUT2D eigenvalue weighted by molar-refractivity contribution is 7.89. The van der Waals surface area contributed by atoms with E-state index in [2.05, 4.69) is 9.71 Å². The highest BCUT2D eigenvalue weighted by Crippen LogP contribution is 2.33. The molecule has 1 atom stereocenters. The summed E-state index contributed by atoms with van der Waals surface area (Å²) in [5.41, 5.74) is 5.43. The van der Waals surface area contributed by atoms with Gasteiger partial charge in [0, 0.05) is 12.2 Å². The average Bonchev–Trinajstić information content (AvgIpc) is 3.04. The molecule has 0 radical (unpaired) electrons. The monoisotopic (exact) mass is 275 g/mol. The largest absolute Gasteiger partial charge is 0.382 e. The SMILES string of the molecule is CC(NS(=O)(=O)c1cnc(N)c(Cl)c1)C1CC1. The number of aromatic nitrogens is 1. The van der Waals surface area contributed by atoms with E-state index >= 15 is 0 Å². The zero-order chi connectivity index (χ0) is 12.6. The van der Waals surface area contributed by atoms with E-state index in [0.29, 0.717) is 5.92 Å². The summed E-state index contributed by atoms with van der Waals surface area (Å²) in [6.45, 7) is 1.86. The Bertz CT molecular complexity index is 528. The number of sulfonamides is 1. The molecule has 1 saturated carbocycles. The fourth-order valence-corrected chi connectivity index (χ4v) is 3.10. The van der Waals surface area contributed by atoms with Gasteiger partial charge < -0.3 is 5.73 Å². The maximum atomic E-state index is 12.0. The first-order valence-corrected chi connectivity index (χ1v) is 7.19. The molecule has 1 aliphatic rings. The van der Waals surface area contributed by atoms with Crippen molar-refractivity contribution >= 4 is 27.4 Å². The van der Waals surface area contributed by atoms with Crippen molar-refractivity contribution in [2.45, 2.75) is 30.7 Å². The van der Waals surface area contributed by atoms with Crippen LogP contribution in [-0.2, 0) is 10.0 Å². The smallest absolute Gasteiger partial charge is 0.242 e. The van der Waals surface area contributed by atoms with Crippen LogP contribution in [0, 0.1) is 5.92 Å². The zero-order valence-corrected chi connectivity index (χ0v) is 10.9. The van der Waals surface area contributed by atoms with Crippen molar-refractivity contribution in [1.82, 2.24) is 9.71 Å². The minimum Gasteiger partial charge on any atom is -0.382 e. The first-order chi connectivity index (χ1) is 7.90. The van der Waals surface area contributed by atoms with E-state index in [1.165, 1.54) is 12.3 Å². The van der Waals surface area contributed by atoms with Crippen LogP contribution in [-0.4, -0.2) is 19.4 Å². The molecule has 0 saturated heterocycles. The lowest BCUT2D eigenvalue weighted by Crippen LogP contribution is -2.34. The summed E-state index contributed by atoms with van der Waals surface area (Å²) in [6, 6.07) is 1.25. The first kappa shape index (κ1) is 12.6. The van der Waals surface area contributed by atoms with Crippen LogP contribution in [0.4, 0.5) is 5.82 Å². The number of nitrogen functional groups attached to an aromatic ring is 1. The number of nitrogens with zero attached hydrogens (tertiary/aromatic N) is 1. The molecule has 0 amide bonds. The van der Waals surface area contributed by atoms with Gasteiger partial charge in [-0.15, -0.1) is 0 Å². The average molecular weight is 276 g/mol. The lowest BCUT2D eigenvalue weighted by atomic mass is 10.2. The Morgan fingerprint density at radius 3 is 2.76 bits per heavy atom. The number of hydrogen-bond donors (Lipinski definition) is 2. The van der Waals surface area contributed by atoms with Crippen LogP contribution < -0.4 is 10.5 Å². The van der Waals surface area contributed by atoms with Gasteiger partial charge in [0.05, 0.1) is 5.02 Å². The van der Waals surface area contributed by atoms with E-state index in [-0.39, 0.29) is 21.8 Å². The van der Waals surface area contributed by atoms with Crippen LogP contribution >= 0.6 is 11.6 Å². The van der Waals surface area contributed by atoms with E-state index in [0.717, 1.165) is 12.8 Å². The van der Waals surface area contributed by atoms with E-state index < -0.39 is 10.0 Å². The Morgan fingerprint density at radius 2 is 2.24 bits per heavy atom. The van der Waals surface area contributed by atoms with Crippen molar-refractivity contribution < 1.29 is 8.42 Å². The predicted octanol–water partition coefficient (Wildman–Crippen LogP) is 1.39. The number of rotatable bonds is 4. The van der Waals surface area contributed by atoms with Crippen LogP contribution in [0.2, 0.25) is 5.02 Å². The van der Waals surface area contributed by atoms with Gasteiger partial charge in [0.25, 0.3) is 0 Å². The van der Waals surface area contributed by atoms with Crippen LogP contribution in [0.5, 0.6) is 0 Å². The topological polar surface area (TPSA) is 85.1 Å². The lowest BCUT2D eigenvalue weighted by molar-refractivity contribution is 0.538. The van der Waals surface area contributed by atoms with Gasteiger partial charge in [0.1, 0.15) is 10.7 Å². The van der Waals surface area contributed by atoms with Gasteiger partial charge in [-0.1, -0.05) is 11.6 Å². The second-order valence-corrected chi connectivity index (χ2v) is 6.41. The molecule has 0 bridgehead atoms. The van der Waals surface area contributed by atoms with Crippen LogP contribution in [0.1, 0.15) is 19.8 Å². The highest BCUT2D eigenvalue weighted by atomic mass is 35.5. The number of hydrogen-bond acceptors (Lipinski definition) is 4. The van der Waals surface area contributed by atoms with Crippen LogP contribution in [0.3, 0.4) is 0 Å². The van der Waals surface area contributed by atoms with Gasteiger partial charge in [0.2, 0.25) is 10.0 Å². The molecule has 1 aliphatic carbocycles. The molecule has 0 spiro atoms. The Hall–Kier alpha value is -0.850. The molecule has 94 valence electrons. The summed E-state index contributed by atoms with van der Waals surface area (Å²) in [4.78, 5) is 3.78. The van der Waals surface area contributed by atoms with Crippen molar-refractivity contribution in [3.05, 3.63) is 17.3 Å². The van der Waals surface area contributed by atoms with Gasteiger partial charge in [-0.3, -0.25) is 0 Å². The fourth-order valence-electron chi connectivity index (χ4n) is 1.58. The summed E-state index contributed by atoms with van der Waals surface area (Å²) in [5, 5.41) is 0.145. The molecule has 1 aromatic rings. The van der Waals surface area contributed by atoms with E-state index in [1.54, 1.807) is 0 Å². The van der Waals surface area contributed by atoms with E-state index in [4.69, 9.17) is 17.3 Å². The number of pyridine rings is 1. The number of anilines is 1. The third kappa shape index (κ3) is 2.88. The van der Waals surface area contributed by atoms with Crippen molar-refractivity contribution in [3.8, 4) is 0 Å². The van der Waals surface area contributed by atoms with Crippen molar-refractivity contribution in [3.63, 3.8) is 0 Å². The molecule has 1 unspecified atom stereocenters. The molecule has 17 heavy (non-hydrogen) atoms. The molecular formula is C10H14ClN3O2S. The Balaban J connectivity index is 2.21. The highest BCUT2D eigenvalue weighted by Gasteiger charge is 2.31. The van der Waals surface area contributed by atoms with Gasteiger partial charge in [-0.25, -0.2) is 18.1 Å². The Labute approximate surface area is 105 Å². The van der Waals surface area contributed by atoms with Gasteiger partial charge in [-0.05, 0) is 31.7 Å². The van der Waals surface area contributed by atoms with Crippen molar-refractivity contribution in [2.75, 3.05) is 5.73 Å². The summed E-state index contributed by atoms with van der Waals surface area (Å²) in [5.74, 6) is 0.572. The van der Waals surface area contributed by atoms with E-state index in [9.17, 15) is 8.42 Å². The molecule has 7 heteroatoms. The molecule has 5 nitrogen and oxygen atoms in total. The van der Waals surface area contributed by atoms with Gasteiger partial charge >= 0.3 is 0 Å². The molecule has 3 N–H and O–H groups in total. The van der Waals surface area contributed by atoms with Gasteiger partial charge in [0.15, 0.2) is 0 Å². The van der Waals surface area contributed by atoms with Crippen LogP contribution in [0.25, 0.3) is 0 Å². The Kier molecular flexibility index (Phi) is 3.29. The second kappa shape index (κ2) is 4.44. The third-order valence-electron chi connectivity index (χ3n) is 2.83. The maximum Gasteiger partial charge on any atom is 0.242 e. The van der Waals surface area contributed by atoms with Gasteiger partial charge in [-0.2, -0.15) is 0 Å². The van der Waals surface area contributed by atoms with Crippen molar-refractivity contribution in [2.24, 2.45) is 5.92 Å². The van der Waals surface area contributed by atoms with Crippen molar-refractivity contribution in [1.29, 1.82) is 0 Å². The quantitative estimate of drug-likeness (QED) is 0.870. The number of halogens is 1. The molecule has 0 aliphatic heterocycles. The molecule has 0 aromatic carbocycles. The molecule has 1 fully saturated rings.